The minimum atomic E-state index is -4.22. The van der Waals surface area contributed by atoms with E-state index in [1.807, 2.05) is 12.1 Å². The standard InChI is InChI=1S/C16H19AsO5/c18-13-14(19)11-12-17(20,21-15-7-3-1-4-8-15)22-16-9-5-2-6-10-16/h1-10,14,18-19H,11-13H2/t14-/m1/s1. The molecule has 0 unspecified atom stereocenters. The maximum atomic E-state index is 13.0. The zero-order valence-electron chi connectivity index (χ0n) is 12.0. The van der Waals surface area contributed by atoms with Gasteiger partial charge in [0.15, 0.2) is 0 Å². The van der Waals surface area contributed by atoms with Crippen LogP contribution in [-0.2, 0) is 3.74 Å². The van der Waals surface area contributed by atoms with Crippen molar-refractivity contribution in [2.45, 2.75) is 17.7 Å². The zero-order valence-corrected chi connectivity index (χ0v) is 13.9. The van der Waals surface area contributed by atoms with Crippen molar-refractivity contribution >= 4 is 14.2 Å². The summed E-state index contributed by atoms with van der Waals surface area (Å²) in [5.74, 6) is 0.916. The molecule has 0 saturated heterocycles. The first-order chi connectivity index (χ1) is 10.6. The Hall–Kier alpha value is -1.68. The Morgan fingerprint density at radius 3 is 1.77 bits per heavy atom. The molecule has 0 aromatic heterocycles. The van der Waals surface area contributed by atoms with Gasteiger partial charge in [-0.05, 0) is 0 Å². The molecule has 1 atom stereocenters. The molecule has 0 fully saturated rings. The van der Waals surface area contributed by atoms with Crippen LogP contribution in [0.25, 0.3) is 0 Å². The summed E-state index contributed by atoms with van der Waals surface area (Å²) in [5.41, 5.74) is 0. The van der Waals surface area contributed by atoms with Crippen molar-refractivity contribution in [1.82, 2.24) is 0 Å². The molecule has 0 radical (unpaired) electrons. The summed E-state index contributed by atoms with van der Waals surface area (Å²) in [5, 5.41) is 18.4. The molecule has 2 N–H and O–H groups in total. The fourth-order valence-electron chi connectivity index (χ4n) is 1.79. The summed E-state index contributed by atoms with van der Waals surface area (Å²) in [4.78, 5) is 0. The third kappa shape index (κ3) is 5.26. The first-order valence-electron chi connectivity index (χ1n) is 6.98. The minimum absolute atomic E-state index is 0.0593. The van der Waals surface area contributed by atoms with Crippen molar-refractivity contribution in [1.29, 1.82) is 0 Å². The average Bonchev–Trinajstić information content (AvgIpc) is 2.54. The van der Waals surface area contributed by atoms with Crippen molar-refractivity contribution in [3.63, 3.8) is 0 Å². The van der Waals surface area contributed by atoms with Crippen LogP contribution in [0, 0.1) is 0 Å². The molecule has 0 spiro atoms. The Morgan fingerprint density at radius 1 is 0.909 bits per heavy atom. The average molecular weight is 366 g/mol. The van der Waals surface area contributed by atoms with Crippen LogP contribution in [0.5, 0.6) is 11.5 Å². The molecule has 0 amide bonds. The fraction of sp³-hybridized carbons (Fsp3) is 0.250. The predicted molar refractivity (Wildman–Crippen MR) is 83.1 cm³/mol. The third-order valence-corrected chi connectivity index (χ3v) is 6.67. The Balaban J connectivity index is 2.14. The van der Waals surface area contributed by atoms with Crippen molar-refractivity contribution in [3.8, 4) is 11.5 Å². The van der Waals surface area contributed by atoms with Gasteiger partial charge in [0.05, 0.1) is 0 Å². The summed E-state index contributed by atoms with van der Waals surface area (Å²) in [6.45, 7) is -0.382. The van der Waals surface area contributed by atoms with E-state index in [1.165, 1.54) is 0 Å². The number of para-hydroxylation sites is 2. The van der Waals surface area contributed by atoms with Crippen LogP contribution in [0.1, 0.15) is 6.42 Å². The molecule has 2 aromatic carbocycles. The van der Waals surface area contributed by atoms with E-state index < -0.39 is 20.3 Å². The molecular formula is C16H19AsO5. The second-order valence-electron chi connectivity index (χ2n) is 4.77. The molecule has 0 bridgehead atoms. The van der Waals surface area contributed by atoms with E-state index in [-0.39, 0.29) is 18.2 Å². The molecule has 0 aliphatic carbocycles. The number of aliphatic hydroxyl groups is 2. The van der Waals surface area contributed by atoms with E-state index in [0.717, 1.165) is 0 Å². The molecule has 6 heteroatoms. The van der Waals surface area contributed by atoms with Crippen LogP contribution in [0.15, 0.2) is 60.7 Å². The Morgan fingerprint density at radius 2 is 1.36 bits per heavy atom. The van der Waals surface area contributed by atoms with Crippen molar-refractivity contribution in [3.05, 3.63) is 60.7 Å². The number of benzene rings is 2. The molecule has 2 aromatic rings. The van der Waals surface area contributed by atoms with Crippen LogP contribution in [0.2, 0.25) is 5.21 Å². The van der Waals surface area contributed by atoms with Gasteiger partial charge < -0.3 is 0 Å². The van der Waals surface area contributed by atoms with E-state index in [9.17, 15) is 8.85 Å². The van der Waals surface area contributed by atoms with Gasteiger partial charge in [0.25, 0.3) is 0 Å². The number of aliphatic hydroxyl groups excluding tert-OH is 2. The summed E-state index contributed by atoms with van der Waals surface area (Å²) in [7, 11) is 0. The first-order valence-corrected chi connectivity index (χ1v) is 10.6. The monoisotopic (exact) mass is 366 g/mol. The molecule has 0 saturated carbocycles. The SMILES string of the molecule is O=[As](CC[C@@H](O)CO)(Oc1ccccc1)Oc1ccccc1. The number of hydrogen-bond donors (Lipinski definition) is 2. The van der Waals surface area contributed by atoms with Crippen LogP contribution in [0.4, 0.5) is 0 Å². The second kappa shape index (κ2) is 8.08. The van der Waals surface area contributed by atoms with Crippen LogP contribution in [-0.4, -0.2) is 37.1 Å². The molecule has 5 nitrogen and oxygen atoms in total. The normalized spacial score (nSPS) is 12.6. The topological polar surface area (TPSA) is 76.0 Å². The number of rotatable bonds is 8. The van der Waals surface area contributed by atoms with Crippen LogP contribution in [0.3, 0.4) is 0 Å². The van der Waals surface area contributed by atoms with Gasteiger partial charge in [0.1, 0.15) is 0 Å². The van der Waals surface area contributed by atoms with E-state index in [4.69, 9.17) is 12.6 Å². The van der Waals surface area contributed by atoms with Gasteiger partial charge >= 0.3 is 132 Å². The van der Waals surface area contributed by atoms with Gasteiger partial charge in [-0.15, -0.1) is 0 Å². The van der Waals surface area contributed by atoms with E-state index in [0.29, 0.717) is 11.5 Å². The molecule has 118 valence electrons. The van der Waals surface area contributed by atoms with Crippen molar-refractivity contribution in [2.24, 2.45) is 0 Å². The molecule has 0 aliphatic rings. The third-order valence-electron chi connectivity index (χ3n) is 2.92. The second-order valence-corrected chi connectivity index (χ2v) is 9.04. The predicted octanol–water partition coefficient (Wildman–Crippen LogP) is 2.26. The Labute approximate surface area is 132 Å². The van der Waals surface area contributed by atoms with E-state index in [1.54, 1.807) is 48.5 Å². The summed E-state index contributed by atoms with van der Waals surface area (Å²) < 4.78 is 24.2. The maximum absolute atomic E-state index is 13.0. The van der Waals surface area contributed by atoms with Crippen molar-refractivity contribution < 1.29 is 21.4 Å². The van der Waals surface area contributed by atoms with Crippen LogP contribution >= 0.6 is 0 Å². The van der Waals surface area contributed by atoms with Gasteiger partial charge in [0.2, 0.25) is 0 Å². The fourth-order valence-corrected chi connectivity index (χ4v) is 5.40. The molecule has 0 heterocycles. The number of hydrogen-bond acceptors (Lipinski definition) is 5. The van der Waals surface area contributed by atoms with Gasteiger partial charge in [-0.2, -0.15) is 0 Å². The van der Waals surface area contributed by atoms with Gasteiger partial charge in [0, 0.05) is 0 Å². The summed E-state index contributed by atoms with van der Waals surface area (Å²) >= 11 is -4.22. The van der Waals surface area contributed by atoms with Gasteiger partial charge in [-0.3, -0.25) is 0 Å². The van der Waals surface area contributed by atoms with E-state index >= 15 is 0 Å². The Bertz CT molecular complexity index is 557. The quantitative estimate of drug-likeness (QED) is 0.701. The summed E-state index contributed by atoms with van der Waals surface area (Å²) in [6, 6.07) is 17.6. The van der Waals surface area contributed by atoms with E-state index in [2.05, 4.69) is 0 Å². The van der Waals surface area contributed by atoms with Crippen molar-refractivity contribution in [2.75, 3.05) is 6.61 Å². The molecular weight excluding hydrogens is 347 g/mol. The van der Waals surface area contributed by atoms with Gasteiger partial charge in [-0.1, -0.05) is 0 Å². The molecule has 22 heavy (non-hydrogen) atoms. The van der Waals surface area contributed by atoms with Crippen LogP contribution < -0.4 is 7.45 Å². The molecule has 0 aliphatic heterocycles. The van der Waals surface area contributed by atoms with Gasteiger partial charge in [-0.25, -0.2) is 0 Å². The zero-order chi connectivity index (χ0) is 15.8. The molecule has 2 rings (SSSR count). The first kappa shape index (κ1) is 16.7. The summed E-state index contributed by atoms with van der Waals surface area (Å²) in [6.07, 6.45) is -0.791. The Kier molecular flexibility index (Phi) is 6.13.